The van der Waals surface area contributed by atoms with Gasteiger partial charge in [-0.25, -0.2) is 5.43 Å². The van der Waals surface area contributed by atoms with E-state index in [2.05, 4.69) is 51.9 Å². The molecule has 0 aliphatic carbocycles. The van der Waals surface area contributed by atoms with Crippen LogP contribution in [-0.4, -0.2) is 52.8 Å². The highest BCUT2D eigenvalue weighted by Gasteiger charge is 2.35. The Morgan fingerprint density at radius 1 is 1.16 bits per heavy atom. The number of morpholine rings is 1. The van der Waals surface area contributed by atoms with E-state index in [1.54, 1.807) is 0 Å². The lowest BCUT2D eigenvalue weighted by atomic mass is 10.1. The first-order valence-electron chi connectivity index (χ1n) is 9.09. The molecule has 1 aromatic heterocycles. The Balaban J connectivity index is 1.39. The number of hydrazine groups is 1. The van der Waals surface area contributed by atoms with Gasteiger partial charge in [-0.3, -0.25) is 10.2 Å². The summed E-state index contributed by atoms with van der Waals surface area (Å²) in [5.41, 5.74) is 7.73. The van der Waals surface area contributed by atoms with Crippen LogP contribution in [0.5, 0.6) is 0 Å². The SMILES string of the molecule is C[C@@H]1CN(C(=O)C2CC(Cn3ccc4ccccc43)NN2)C[C@H](C)O1. The van der Waals surface area contributed by atoms with Crippen LogP contribution in [0.15, 0.2) is 36.5 Å². The molecule has 6 nitrogen and oxygen atoms in total. The minimum Gasteiger partial charge on any atom is -0.372 e. The lowest BCUT2D eigenvalue weighted by Gasteiger charge is -2.36. The van der Waals surface area contributed by atoms with E-state index in [-0.39, 0.29) is 30.2 Å². The van der Waals surface area contributed by atoms with Gasteiger partial charge in [0.15, 0.2) is 0 Å². The van der Waals surface area contributed by atoms with Crippen LogP contribution in [0.25, 0.3) is 10.9 Å². The average molecular weight is 342 g/mol. The first-order chi connectivity index (χ1) is 12.1. The van der Waals surface area contributed by atoms with Crippen LogP contribution >= 0.6 is 0 Å². The molecule has 0 radical (unpaired) electrons. The number of benzene rings is 1. The van der Waals surface area contributed by atoms with E-state index in [0.717, 1.165) is 13.0 Å². The number of fused-ring (bicyclic) bond motifs is 1. The zero-order chi connectivity index (χ0) is 17.4. The fraction of sp³-hybridized carbons (Fsp3) is 0.526. The van der Waals surface area contributed by atoms with Crippen molar-refractivity contribution < 1.29 is 9.53 Å². The molecule has 2 unspecified atom stereocenters. The quantitative estimate of drug-likeness (QED) is 0.888. The fourth-order valence-electron chi connectivity index (χ4n) is 4.02. The molecule has 2 aliphatic rings. The van der Waals surface area contributed by atoms with E-state index in [0.29, 0.717) is 13.1 Å². The third kappa shape index (κ3) is 3.42. The van der Waals surface area contributed by atoms with Crippen molar-refractivity contribution in [3.8, 4) is 0 Å². The van der Waals surface area contributed by atoms with Crippen molar-refractivity contribution in [3.63, 3.8) is 0 Å². The molecule has 2 fully saturated rings. The van der Waals surface area contributed by atoms with E-state index >= 15 is 0 Å². The number of rotatable bonds is 3. The zero-order valence-corrected chi connectivity index (χ0v) is 14.8. The zero-order valence-electron chi connectivity index (χ0n) is 14.8. The maximum absolute atomic E-state index is 12.8. The third-order valence-electron chi connectivity index (χ3n) is 5.11. The highest BCUT2D eigenvalue weighted by atomic mass is 16.5. The van der Waals surface area contributed by atoms with E-state index in [9.17, 15) is 4.79 Å². The minimum absolute atomic E-state index is 0.101. The summed E-state index contributed by atoms with van der Waals surface area (Å²) in [7, 11) is 0. The molecule has 6 heteroatoms. The van der Waals surface area contributed by atoms with Gasteiger partial charge in [-0.2, -0.15) is 0 Å². The molecule has 2 N–H and O–H groups in total. The van der Waals surface area contributed by atoms with Crippen LogP contribution < -0.4 is 10.9 Å². The summed E-state index contributed by atoms with van der Waals surface area (Å²) in [6, 6.07) is 10.6. The molecule has 25 heavy (non-hydrogen) atoms. The van der Waals surface area contributed by atoms with E-state index in [4.69, 9.17) is 4.74 Å². The summed E-state index contributed by atoms with van der Waals surface area (Å²) < 4.78 is 7.98. The van der Waals surface area contributed by atoms with Crippen molar-refractivity contribution in [2.24, 2.45) is 0 Å². The van der Waals surface area contributed by atoms with Crippen LogP contribution in [0.1, 0.15) is 20.3 Å². The maximum atomic E-state index is 12.8. The first kappa shape index (κ1) is 16.6. The lowest BCUT2D eigenvalue weighted by Crippen LogP contribution is -2.53. The van der Waals surface area contributed by atoms with Crippen LogP contribution in [0.2, 0.25) is 0 Å². The maximum Gasteiger partial charge on any atom is 0.241 e. The van der Waals surface area contributed by atoms with Crippen molar-refractivity contribution in [1.82, 2.24) is 20.3 Å². The smallest absolute Gasteiger partial charge is 0.241 e. The Kier molecular flexibility index (Phi) is 4.50. The van der Waals surface area contributed by atoms with Gasteiger partial charge in [-0.1, -0.05) is 18.2 Å². The molecule has 3 heterocycles. The topological polar surface area (TPSA) is 58.5 Å². The van der Waals surface area contributed by atoms with Crippen LogP contribution in [0, 0.1) is 0 Å². The summed E-state index contributed by atoms with van der Waals surface area (Å²) in [5, 5.41) is 1.25. The summed E-state index contributed by atoms with van der Waals surface area (Å²) in [4.78, 5) is 14.7. The number of hydrogen-bond donors (Lipinski definition) is 2. The Bertz CT molecular complexity index is 749. The number of carbonyl (C=O) groups is 1. The molecule has 0 saturated carbocycles. The third-order valence-corrected chi connectivity index (χ3v) is 5.11. The molecule has 0 spiro atoms. The molecule has 134 valence electrons. The normalized spacial score (nSPS) is 30.1. The predicted molar refractivity (Wildman–Crippen MR) is 97.0 cm³/mol. The number of carbonyl (C=O) groups excluding carboxylic acids is 1. The standard InChI is InChI=1S/C19H26N4O2/c1-13-10-23(11-14(2)25-13)19(24)17-9-16(20-21-17)12-22-8-7-15-5-3-4-6-18(15)22/h3-8,13-14,16-17,20-21H,9-12H2,1-2H3/t13-,14+,16?,17?. The van der Waals surface area contributed by atoms with Crippen molar-refractivity contribution >= 4 is 16.8 Å². The van der Waals surface area contributed by atoms with Crippen LogP contribution in [0.4, 0.5) is 0 Å². The highest BCUT2D eigenvalue weighted by Crippen LogP contribution is 2.19. The van der Waals surface area contributed by atoms with Gasteiger partial charge in [0, 0.05) is 37.4 Å². The number of para-hydroxylation sites is 1. The summed E-state index contributed by atoms with van der Waals surface area (Å²) >= 11 is 0. The number of nitrogens with one attached hydrogen (secondary N) is 2. The molecule has 0 bridgehead atoms. The Labute approximate surface area is 148 Å². The van der Waals surface area contributed by atoms with E-state index in [1.807, 2.05) is 18.7 Å². The largest absolute Gasteiger partial charge is 0.372 e. The van der Waals surface area contributed by atoms with Crippen LogP contribution in [-0.2, 0) is 16.1 Å². The van der Waals surface area contributed by atoms with Gasteiger partial charge in [0.1, 0.15) is 6.04 Å². The molecule has 2 aromatic rings. The first-order valence-corrected chi connectivity index (χ1v) is 9.09. The number of ether oxygens (including phenoxy) is 1. The molecule has 1 aromatic carbocycles. The molecule has 2 saturated heterocycles. The van der Waals surface area contributed by atoms with Gasteiger partial charge >= 0.3 is 0 Å². The van der Waals surface area contributed by atoms with Crippen molar-refractivity contribution in [2.45, 2.75) is 51.1 Å². The molecular weight excluding hydrogens is 316 g/mol. The van der Waals surface area contributed by atoms with E-state index < -0.39 is 0 Å². The van der Waals surface area contributed by atoms with E-state index in [1.165, 1.54) is 10.9 Å². The predicted octanol–water partition coefficient (Wildman–Crippen LogP) is 1.51. The van der Waals surface area contributed by atoms with Crippen molar-refractivity contribution in [1.29, 1.82) is 0 Å². The van der Waals surface area contributed by atoms with Crippen molar-refractivity contribution in [2.75, 3.05) is 13.1 Å². The summed E-state index contributed by atoms with van der Waals surface area (Å²) in [5.74, 6) is 0.175. The monoisotopic (exact) mass is 342 g/mol. The fourth-order valence-corrected chi connectivity index (χ4v) is 4.02. The van der Waals surface area contributed by atoms with Crippen LogP contribution in [0.3, 0.4) is 0 Å². The second kappa shape index (κ2) is 6.78. The van der Waals surface area contributed by atoms with Crippen molar-refractivity contribution in [3.05, 3.63) is 36.5 Å². The van der Waals surface area contributed by atoms with Gasteiger partial charge in [0.25, 0.3) is 0 Å². The Hall–Kier alpha value is -1.89. The average Bonchev–Trinajstić information content (AvgIpc) is 3.21. The number of nitrogens with zero attached hydrogens (tertiary/aromatic N) is 2. The minimum atomic E-state index is -0.163. The second-order valence-electron chi connectivity index (χ2n) is 7.30. The molecular formula is C19H26N4O2. The Morgan fingerprint density at radius 2 is 1.92 bits per heavy atom. The van der Waals surface area contributed by atoms with Gasteiger partial charge in [0.05, 0.1) is 12.2 Å². The molecule has 4 rings (SSSR count). The van der Waals surface area contributed by atoms with Gasteiger partial charge in [-0.05, 0) is 37.8 Å². The summed E-state index contributed by atoms with van der Waals surface area (Å²) in [6.45, 7) is 6.25. The molecule has 1 amide bonds. The number of aromatic nitrogens is 1. The lowest BCUT2D eigenvalue weighted by molar-refractivity contribution is -0.145. The second-order valence-corrected chi connectivity index (χ2v) is 7.30. The molecule has 2 aliphatic heterocycles. The Morgan fingerprint density at radius 3 is 2.72 bits per heavy atom. The molecule has 4 atom stereocenters. The van der Waals surface area contributed by atoms with Gasteiger partial charge in [-0.15, -0.1) is 0 Å². The number of amides is 1. The van der Waals surface area contributed by atoms with Gasteiger partial charge < -0.3 is 14.2 Å². The summed E-state index contributed by atoms with van der Waals surface area (Å²) in [6.07, 6.45) is 3.12. The highest BCUT2D eigenvalue weighted by molar-refractivity contribution is 5.82. The number of hydrogen-bond acceptors (Lipinski definition) is 4. The van der Waals surface area contributed by atoms with Gasteiger partial charge in [0.2, 0.25) is 5.91 Å².